The molecule has 0 saturated carbocycles. The van der Waals surface area contributed by atoms with Gasteiger partial charge in [-0.15, -0.1) is 0 Å². The fourth-order valence-corrected chi connectivity index (χ4v) is 1.65. The molecule has 0 radical (unpaired) electrons. The van der Waals surface area contributed by atoms with E-state index in [1.807, 2.05) is 30.3 Å². The number of likely N-dealkylation sites (N-methyl/N-ethyl adjacent to an activating group) is 1. The Morgan fingerprint density at radius 2 is 1.95 bits per heavy atom. The second-order valence-corrected chi connectivity index (χ2v) is 4.66. The second-order valence-electron chi connectivity index (χ2n) is 4.66. The summed E-state index contributed by atoms with van der Waals surface area (Å²) in [5.41, 5.74) is 1.09. The van der Waals surface area contributed by atoms with E-state index in [0.717, 1.165) is 5.56 Å². The van der Waals surface area contributed by atoms with Gasteiger partial charge in [0.15, 0.2) is 0 Å². The average molecular weight is 279 g/mol. The maximum atomic E-state index is 11.7. The molecule has 1 aromatic carbocycles. The first kappa shape index (κ1) is 16.2. The second kappa shape index (κ2) is 8.32. The van der Waals surface area contributed by atoms with E-state index in [4.69, 9.17) is 9.84 Å². The Morgan fingerprint density at radius 3 is 2.55 bits per heavy atom. The fourth-order valence-electron chi connectivity index (χ4n) is 1.65. The molecule has 1 atom stereocenters. The third-order valence-corrected chi connectivity index (χ3v) is 3.12. The number of aliphatic carboxylic acids is 1. The number of carboxylic acids is 1. The molecule has 5 heteroatoms. The summed E-state index contributed by atoms with van der Waals surface area (Å²) in [6.07, 6.45) is 0.880. The zero-order valence-electron chi connectivity index (χ0n) is 11.9. The van der Waals surface area contributed by atoms with Gasteiger partial charge in [-0.3, -0.25) is 4.79 Å². The van der Waals surface area contributed by atoms with Crippen molar-refractivity contribution in [1.82, 2.24) is 4.90 Å². The van der Waals surface area contributed by atoms with Crippen LogP contribution in [0.4, 0.5) is 0 Å². The van der Waals surface area contributed by atoms with E-state index >= 15 is 0 Å². The Kier molecular flexibility index (Phi) is 6.73. The minimum absolute atomic E-state index is 0.178. The molecule has 0 saturated heterocycles. The van der Waals surface area contributed by atoms with Gasteiger partial charge >= 0.3 is 5.97 Å². The van der Waals surface area contributed by atoms with Crippen LogP contribution in [0.3, 0.4) is 0 Å². The van der Waals surface area contributed by atoms with Crippen molar-refractivity contribution in [2.75, 3.05) is 13.7 Å². The van der Waals surface area contributed by atoms with Gasteiger partial charge in [0, 0.05) is 20.1 Å². The molecule has 0 fully saturated rings. The van der Waals surface area contributed by atoms with Gasteiger partial charge in [0.2, 0.25) is 5.91 Å². The van der Waals surface area contributed by atoms with Crippen LogP contribution in [0.15, 0.2) is 30.3 Å². The van der Waals surface area contributed by atoms with Crippen molar-refractivity contribution in [3.05, 3.63) is 35.9 Å². The Morgan fingerprint density at radius 1 is 1.30 bits per heavy atom. The summed E-state index contributed by atoms with van der Waals surface area (Å²) in [6, 6.07) is 9.00. The maximum Gasteiger partial charge on any atom is 0.326 e. The molecule has 1 N–H and O–H groups in total. The minimum atomic E-state index is -0.999. The van der Waals surface area contributed by atoms with Gasteiger partial charge in [-0.2, -0.15) is 0 Å². The van der Waals surface area contributed by atoms with Crippen molar-refractivity contribution in [2.24, 2.45) is 0 Å². The van der Waals surface area contributed by atoms with Crippen molar-refractivity contribution in [1.29, 1.82) is 0 Å². The lowest BCUT2D eigenvalue weighted by Crippen LogP contribution is -2.40. The van der Waals surface area contributed by atoms with Crippen LogP contribution in [0.25, 0.3) is 0 Å². The fraction of sp³-hybridized carbons (Fsp3) is 0.467. The quantitative estimate of drug-likeness (QED) is 0.738. The molecule has 0 heterocycles. The van der Waals surface area contributed by atoms with Gasteiger partial charge in [0.05, 0.1) is 6.61 Å². The summed E-state index contributed by atoms with van der Waals surface area (Å²) in [6.45, 7) is 2.50. The SMILES string of the molecule is CC(C(=O)O)N(C)C(=O)CCCOCc1ccccc1. The topological polar surface area (TPSA) is 66.8 Å². The number of ether oxygens (including phenoxy) is 1. The van der Waals surface area contributed by atoms with E-state index in [9.17, 15) is 9.59 Å². The molecule has 5 nitrogen and oxygen atoms in total. The molecule has 20 heavy (non-hydrogen) atoms. The highest BCUT2D eigenvalue weighted by Gasteiger charge is 2.20. The molecule has 1 amide bonds. The van der Waals surface area contributed by atoms with E-state index in [0.29, 0.717) is 26.1 Å². The Labute approximate surface area is 119 Å². The Bertz CT molecular complexity index is 433. The van der Waals surface area contributed by atoms with E-state index in [2.05, 4.69) is 0 Å². The Hall–Kier alpha value is -1.88. The first-order valence-electron chi connectivity index (χ1n) is 6.62. The van der Waals surface area contributed by atoms with E-state index in [1.165, 1.54) is 18.9 Å². The first-order valence-corrected chi connectivity index (χ1v) is 6.62. The first-order chi connectivity index (χ1) is 9.52. The van der Waals surface area contributed by atoms with Crippen molar-refractivity contribution in [3.63, 3.8) is 0 Å². The lowest BCUT2D eigenvalue weighted by Gasteiger charge is -2.21. The monoisotopic (exact) mass is 279 g/mol. The number of carboxylic acid groups (broad SMARTS) is 1. The molecule has 1 rings (SSSR count). The van der Waals surface area contributed by atoms with Crippen LogP contribution in [-0.4, -0.2) is 41.6 Å². The van der Waals surface area contributed by atoms with Crippen molar-refractivity contribution in [2.45, 2.75) is 32.4 Å². The average Bonchev–Trinajstić information content (AvgIpc) is 2.46. The van der Waals surface area contributed by atoms with Crippen LogP contribution in [0, 0.1) is 0 Å². The summed E-state index contributed by atoms with van der Waals surface area (Å²) in [5.74, 6) is -1.18. The number of hydrogen-bond acceptors (Lipinski definition) is 3. The third kappa shape index (κ3) is 5.40. The predicted octanol–water partition coefficient (Wildman–Crippen LogP) is 1.91. The maximum absolute atomic E-state index is 11.7. The van der Waals surface area contributed by atoms with Gasteiger partial charge in [0.25, 0.3) is 0 Å². The normalized spacial score (nSPS) is 11.9. The molecule has 0 aliphatic carbocycles. The molecule has 0 aromatic heterocycles. The van der Waals surface area contributed by atoms with Crippen LogP contribution in [0.2, 0.25) is 0 Å². The summed E-state index contributed by atoms with van der Waals surface area (Å²) in [4.78, 5) is 23.7. The predicted molar refractivity (Wildman–Crippen MR) is 75.2 cm³/mol. The summed E-state index contributed by atoms with van der Waals surface area (Å²) < 4.78 is 5.47. The smallest absolute Gasteiger partial charge is 0.326 e. The van der Waals surface area contributed by atoms with E-state index < -0.39 is 12.0 Å². The number of amides is 1. The molecule has 0 bridgehead atoms. The minimum Gasteiger partial charge on any atom is -0.480 e. The van der Waals surface area contributed by atoms with Gasteiger partial charge in [-0.25, -0.2) is 4.79 Å². The molecular weight excluding hydrogens is 258 g/mol. The highest BCUT2D eigenvalue weighted by molar-refractivity contribution is 5.83. The van der Waals surface area contributed by atoms with Gasteiger partial charge in [-0.05, 0) is 18.9 Å². The number of carbonyl (C=O) groups is 2. The van der Waals surface area contributed by atoms with Crippen molar-refractivity contribution in [3.8, 4) is 0 Å². The highest BCUT2D eigenvalue weighted by Crippen LogP contribution is 2.04. The van der Waals surface area contributed by atoms with E-state index in [-0.39, 0.29) is 5.91 Å². The van der Waals surface area contributed by atoms with Gasteiger partial charge in [-0.1, -0.05) is 30.3 Å². The zero-order valence-corrected chi connectivity index (χ0v) is 11.9. The van der Waals surface area contributed by atoms with Crippen LogP contribution in [0.5, 0.6) is 0 Å². The number of benzene rings is 1. The molecular formula is C15H21NO4. The molecule has 0 aliphatic rings. The number of carbonyl (C=O) groups excluding carboxylic acids is 1. The summed E-state index contributed by atoms with van der Waals surface area (Å²) in [5, 5.41) is 8.82. The summed E-state index contributed by atoms with van der Waals surface area (Å²) >= 11 is 0. The van der Waals surface area contributed by atoms with Gasteiger partial charge in [0.1, 0.15) is 6.04 Å². The largest absolute Gasteiger partial charge is 0.480 e. The zero-order chi connectivity index (χ0) is 15.0. The van der Waals surface area contributed by atoms with Crippen LogP contribution < -0.4 is 0 Å². The molecule has 1 unspecified atom stereocenters. The standard InChI is InChI=1S/C15H21NO4/c1-12(15(18)19)16(2)14(17)9-6-10-20-11-13-7-4-3-5-8-13/h3-5,7-8,12H,6,9-11H2,1-2H3,(H,18,19). The third-order valence-electron chi connectivity index (χ3n) is 3.12. The lowest BCUT2D eigenvalue weighted by atomic mass is 10.2. The molecule has 110 valence electrons. The van der Waals surface area contributed by atoms with Gasteiger partial charge < -0.3 is 14.7 Å². The van der Waals surface area contributed by atoms with Crippen LogP contribution >= 0.6 is 0 Å². The van der Waals surface area contributed by atoms with E-state index in [1.54, 1.807) is 0 Å². The van der Waals surface area contributed by atoms with Crippen molar-refractivity contribution >= 4 is 11.9 Å². The highest BCUT2D eigenvalue weighted by atomic mass is 16.5. The van der Waals surface area contributed by atoms with Crippen molar-refractivity contribution < 1.29 is 19.4 Å². The molecule has 0 aliphatic heterocycles. The molecule has 1 aromatic rings. The number of nitrogens with zero attached hydrogens (tertiary/aromatic N) is 1. The molecule has 0 spiro atoms. The van der Waals surface area contributed by atoms with Crippen LogP contribution in [-0.2, 0) is 20.9 Å². The lowest BCUT2D eigenvalue weighted by molar-refractivity contribution is -0.148. The summed E-state index contributed by atoms with van der Waals surface area (Å²) in [7, 11) is 1.51. The number of hydrogen-bond donors (Lipinski definition) is 1. The van der Waals surface area contributed by atoms with Crippen LogP contribution in [0.1, 0.15) is 25.3 Å². The number of rotatable bonds is 8. The Balaban J connectivity index is 2.18.